The maximum atomic E-state index is 10.0. The second-order valence-corrected chi connectivity index (χ2v) is 6.48. The average molecular weight is 334 g/mol. The van der Waals surface area contributed by atoms with E-state index in [1.54, 1.807) is 18.2 Å². The molecule has 0 amide bonds. The Morgan fingerprint density at radius 1 is 1.43 bits per heavy atom. The summed E-state index contributed by atoms with van der Waals surface area (Å²) in [5, 5.41) is 20.9. The van der Waals surface area contributed by atoms with Gasteiger partial charge in [0.25, 0.3) is 0 Å². The summed E-state index contributed by atoms with van der Waals surface area (Å²) >= 11 is 11.8. The lowest BCUT2D eigenvalue weighted by Gasteiger charge is -2.35. The number of hydrogen-bond acceptors (Lipinski definition) is 4. The van der Waals surface area contributed by atoms with Crippen molar-refractivity contribution in [3.05, 3.63) is 28.2 Å². The van der Waals surface area contributed by atoms with Gasteiger partial charge in [-0.25, -0.2) is 0 Å². The highest BCUT2D eigenvalue weighted by atomic mass is 35.5. The quantitative estimate of drug-likeness (QED) is 0.868. The number of aliphatic hydroxyl groups excluding tert-OH is 2. The van der Waals surface area contributed by atoms with Gasteiger partial charge >= 0.3 is 0 Å². The highest BCUT2D eigenvalue weighted by Crippen LogP contribution is 2.27. The molecule has 1 aromatic carbocycles. The first-order valence-corrected chi connectivity index (χ1v) is 7.87. The van der Waals surface area contributed by atoms with E-state index in [4.69, 9.17) is 27.9 Å². The number of ether oxygens (including phenoxy) is 1. The topological polar surface area (TPSA) is 52.9 Å². The van der Waals surface area contributed by atoms with Crippen molar-refractivity contribution in [3.8, 4) is 5.75 Å². The number of aliphatic hydroxyl groups is 2. The minimum Gasteiger partial charge on any atom is -0.489 e. The predicted molar refractivity (Wildman–Crippen MR) is 84.2 cm³/mol. The van der Waals surface area contributed by atoms with Crippen molar-refractivity contribution in [2.75, 3.05) is 26.2 Å². The van der Waals surface area contributed by atoms with Gasteiger partial charge in [-0.05, 0) is 37.1 Å². The first kappa shape index (κ1) is 16.8. The van der Waals surface area contributed by atoms with E-state index in [-0.39, 0.29) is 12.7 Å². The molecule has 1 aliphatic heterocycles. The first-order valence-electron chi connectivity index (χ1n) is 7.12. The molecule has 0 saturated carbocycles. The summed E-state index contributed by atoms with van der Waals surface area (Å²) in [6, 6.07) is 4.98. The van der Waals surface area contributed by atoms with Crippen molar-refractivity contribution in [1.82, 2.24) is 4.90 Å². The zero-order chi connectivity index (χ0) is 15.4. The maximum Gasteiger partial charge on any atom is 0.138 e. The van der Waals surface area contributed by atoms with E-state index in [0.717, 1.165) is 13.0 Å². The van der Waals surface area contributed by atoms with Crippen LogP contribution in [0.1, 0.15) is 13.3 Å². The van der Waals surface area contributed by atoms with Crippen LogP contribution in [0, 0.1) is 5.92 Å². The van der Waals surface area contributed by atoms with Crippen molar-refractivity contribution >= 4 is 23.2 Å². The van der Waals surface area contributed by atoms with E-state index in [1.807, 2.05) is 6.92 Å². The molecule has 0 radical (unpaired) electrons. The van der Waals surface area contributed by atoms with Gasteiger partial charge in [0.2, 0.25) is 0 Å². The molecule has 3 atom stereocenters. The third kappa shape index (κ3) is 5.01. The van der Waals surface area contributed by atoms with Crippen LogP contribution in [-0.4, -0.2) is 53.6 Å². The Balaban J connectivity index is 1.78. The molecule has 0 aliphatic carbocycles. The molecule has 0 aromatic heterocycles. The Labute approximate surface area is 135 Å². The van der Waals surface area contributed by atoms with Crippen LogP contribution in [-0.2, 0) is 0 Å². The molecule has 1 aromatic rings. The number of β-amino-alcohol motifs (C(OH)–C–C–N with tert-alkyl or cyclic N) is 2. The molecular weight excluding hydrogens is 313 g/mol. The summed E-state index contributed by atoms with van der Waals surface area (Å²) in [7, 11) is 0. The fraction of sp³-hybridized carbons (Fsp3) is 0.600. The molecule has 1 heterocycles. The van der Waals surface area contributed by atoms with E-state index in [0.29, 0.717) is 34.8 Å². The standard InChI is InChI=1S/C15H21Cl2NO3/c1-10-4-5-18(8-14(10)20)7-12(19)9-21-15-3-2-11(16)6-13(15)17/h2-3,6,10,12,14,19-20H,4-5,7-9H2,1H3. The normalized spacial score (nSPS) is 24.8. The number of likely N-dealkylation sites (tertiary alicyclic amines) is 1. The van der Waals surface area contributed by atoms with Gasteiger partial charge in [0.05, 0.1) is 11.1 Å². The molecule has 118 valence electrons. The van der Waals surface area contributed by atoms with Gasteiger partial charge in [0.1, 0.15) is 18.5 Å². The summed E-state index contributed by atoms with van der Waals surface area (Å²) in [6.45, 7) is 4.17. The number of benzene rings is 1. The van der Waals surface area contributed by atoms with Crippen molar-refractivity contribution in [2.45, 2.75) is 25.6 Å². The van der Waals surface area contributed by atoms with Gasteiger partial charge in [0.15, 0.2) is 0 Å². The third-order valence-electron chi connectivity index (χ3n) is 3.80. The second kappa shape index (κ2) is 7.65. The van der Waals surface area contributed by atoms with E-state index in [9.17, 15) is 10.2 Å². The minimum atomic E-state index is -0.627. The molecule has 6 heteroatoms. The summed E-state index contributed by atoms with van der Waals surface area (Å²) in [5.41, 5.74) is 0. The van der Waals surface area contributed by atoms with Crippen LogP contribution in [0.25, 0.3) is 0 Å². The smallest absolute Gasteiger partial charge is 0.138 e. The lowest BCUT2D eigenvalue weighted by atomic mass is 9.96. The lowest BCUT2D eigenvalue weighted by Crippen LogP contribution is -2.46. The zero-order valence-electron chi connectivity index (χ0n) is 12.0. The van der Waals surface area contributed by atoms with Crippen LogP contribution in [0.3, 0.4) is 0 Å². The molecule has 0 bridgehead atoms. The van der Waals surface area contributed by atoms with Gasteiger partial charge in [0, 0.05) is 18.1 Å². The number of nitrogens with zero attached hydrogens (tertiary/aromatic N) is 1. The second-order valence-electron chi connectivity index (χ2n) is 5.63. The van der Waals surface area contributed by atoms with Crippen LogP contribution in [0.4, 0.5) is 0 Å². The van der Waals surface area contributed by atoms with Gasteiger partial charge in [-0.1, -0.05) is 30.1 Å². The van der Waals surface area contributed by atoms with Gasteiger partial charge in [-0.2, -0.15) is 0 Å². The third-order valence-corrected chi connectivity index (χ3v) is 4.33. The lowest BCUT2D eigenvalue weighted by molar-refractivity contribution is 0.000153. The van der Waals surface area contributed by atoms with Crippen molar-refractivity contribution in [2.24, 2.45) is 5.92 Å². The van der Waals surface area contributed by atoms with E-state index in [2.05, 4.69) is 4.90 Å². The highest BCUT2D eigenvalue weighted by molar-refractivity contribution is 6.35. The average Bonchev–Trinajstić information content (AvgIpc) is 2.42. The first-order chi connectivity index (χ1) is 9.95. The zero-order valence-corrected chi connectivity index (χ0v) is 13.5. The largest absolute Gasteiger partial charge is 0.489 e. The number of piperidine rings is 1. The van der Waals surface area contributed by atoms with E-state index in [1.165, 1.54) is 0 Å². The SMILES string of the molecule is CC1CCN(CC(O)COc2ccc(Cl)cc2Cl)CC1O. The molecule has 1 fully saturated rings. The molecule has 21 heavy (non-hydrogen) atoms. The number of halogens is 2. The Bertz CT molecular complexity index is 472. The summed E-state index contributed by atoms with van der Waals surface area (Å²) in [5.74, 6) is 0.829. The Morgan fingerprint density at radius 3 is 2.86 bits per heavy atom. The van der Waals surface area contributed by atoms with Gasteiger partial charge in [-0.15, -0.1) is 0 Å². The monoisotopic (exact) mass is 333 g/mol. The number of rotatable bonds is 5. The molecule has 1 saturated heterocycles. The predicted octanol–water partition coefficient (Wildman–Crippen LogP) is 2.44. The van der Waals surface area contributed by atoms with Crippen LogP contribution in [0.5, 0.6) is 5.75 Å². The summed E-state index contributed by atoms with van der Waals surface area (Å²) in [4.78, 5) is 2.06. The van der Waals surface area contributed by atoms with Crippen LogP contribution < -0.4 is 4.74 Å². The molecule has 2 N–H and O–H groups in total. The fourth-order valence-corrected chi connectivity index (χ4v) is 2.87. The van der Waals surface area contributed by atoms with Crippen molar-refractivity contribution in [3.63, 3.8) is 0 Å². The molecule has 1 aliphatic rings. The minimum absolute atomic E-state index is 0.156. The van der Waals surface area contributed by atoms with Crippen LogP contribution in [0.2, 0.25) is 10.0 Å². The summed E-state index contributed by atoms with van der Waals surface area (Å²) in [6.07, 6.45) is -0.00692. The molecule has 3 unspecified atom stereocenters. The van der Waals surface area contributed by atoms with Gasteiger partial charge < -0.3 is 14.9 Å². The van der Waals surface area contributed by atoms with Crippen molar-refractivity contribution in [1.29, 1.82) is 0 Å². The maximum absolute atomic E-state index is 10.0. The molecule has 0 spiro atoms. The highest BCUT2D eigenvalue weighted by Gasteiger charge is 2.25. The molecular formula is C15H21Cl2NO3. The molecule has 2 rings (SSSR count). The molecule has 4 nitrogen and oxygen atoms in total. The van der Waals surface area contributed by atoms with Crippen LogP contribution in [0.15, 0.2) is 18.2 Å². The number of hydrogen-bond donors (Lipinski definition) is 2. The van der Waals surface area contributed by atoms with E-state index < -0.39 is 6.10 Å². The summed E-state index contributed by atoms with van der Waals surface area (Å²) < 4.78 is 5.51. The van der Waals surface area contributed by atoms with Crippen molar-refractivity contribution < 1.29 is 14.9 Å². The Morgan fingerprint density at radius 2 is 2.19 bits per heavy atom. The Kier molecular flexibility index (Phi) is 6.14. The Hall–Kier alpha value is -0.520. The van der Waals surface area contributed by atoms with Crippen LogP contribution >= 0.6 is 23.2 Å². The van der Waals surface area contributed by atoms with Gasteiger partial charge in [-0.3, -0.25) is 4.90 Å². The fourth-order valence-electron chi connectivity index (χ4n) is 2.41. The van der Waals surface area contributed by atoms with E-state index >= 15 is 0 Å².